The van der Waals surface area contributed by atoms with Gasteiger partial charge in [-0.2, -0.15) is 5.26 Å². The molecule has 4 heteroatoms. The lowest BCUT2D eigenvalue weighted by molar-refractivity contribution is -0.117. The van der Waals surface area contributed by atoms with E-state index in [9.17, 15) is 9.90 Å². The highest BCUT2D eigenvalue weighted by atomic mass is 16.3. The van der Waals surface area contributed by atoms with E-state index < -0.39 is 0 Å². The maximum atomic E-state index is 12.0. The number of nitriles is 1. The highest BCUT2D eigenvalue weighted by Crippen LogP contribution is 2.20. The summed E-state index contributed by atoms with van der Waals surface area (Å²) in [5.41, 5.74) is 0.494. The molecule has 0 unspecified atom stereocenters. The summed E-state index contributed by atoms with van der Waals surface area (Å²) in [6.45, 7) is 0. The van der Waals surface area contributed by atoms with E-state index in [2.05, 4.69) is 5.32 Å². The summed E-state index contributed by atoms with van der Waals surface area (Å²) in [4.78, 5) is 12.0. The molecule has 1 aliphatic carbocycles. The molecule has 4 nitrogen and oxygen atoms in total. The molecule has 0 saturated heterocycles. The molecule has 1 saturated carbocycles. The van der Waals surface area contributed by atoms with Crippen molar-refractivity contribution in [3.05, 3.63) is 35.4 Å². The standard InChI is InChI=1S/C15H16N2O2/c16-10-12(9-11-5-1-4-8-14(11)18)15(19)17-13-6-2-3-7-13/h1,4-5,8-9,13,18H,2-3,6-7H2,(H,17,19)/b12-9+. The van der Waals surface area contributed by atoms with Crippen molar-refractivity contribution in [2.45, 2.75) is 31.7 Å². The first-order valence-corrected chi connectivity index (χ1v) is 6.41. The van der Waals surface area contributed by atoms with Gasteiger partial charge in [0.1, 0.15) is 17.4 Å². The third-order valence-corrected chi connectivity index (χ3v) is 3.29. The Kier molecular flexibility index (Phi) is 4.19. The fourth-order valence-electron chi connectivity index (χ4n) is 2.25. The maximum Gasteiger partial charge on any atom is 0.262 e. The average Bonchev–Trinajstić information content (AvgIpc) is 2.90. The van der Waals surface area contributed by atoms with Crippen LogP contribution in [0.25, 0.3) is 6.08 Å². The Labute approximate surface area is 112 Å². The van der Waals surface area contributed by atoms with Gasteiger partial charge in [0.15, 0.2) is 0 Å². The van der Waals surface area contributed by atoms with E-state index in [0.29, 0.717) is 5.56 Å². The highest BCUT2D eigenvalue weighted by molar-refractivity contribution is 6.02. The average molecular weight is 256 g/mol. The molecule has 0 atom stereocenters. The fraction of sp³-hybridized carbons (Fsp3) is 0.333. The minimum atomic E-state index is -0.363. The number of rotatable bonds is 3. The second-order valence-electron chi connectivity index (χ2n) is 4.68. The molecule has 2 rings (SSSR count). The first-order valence-electron chi connectivity index (χ1n) is 6.41. The van der Waals surface area contributed by atoms with Crippen LogP contribution in [0.3, 0.4) is 0 Å². The number of nitrogens with one attached hydrogen (secondary N) is 1. The number of hydrogen-bond acceptors (Lipinski definition) is 3. The van der Waals surface area contributed by atoms with Crippen molar-refractivity contribution in [3.63, 3.8) is 0 Å². The molecule has 0 aliphatic heterocycles. The van der Waals surface area contributed by atoms with Gasteiger partial charge in [0.25, 0.3) is 5.91 Å². The summed E-state index contributed by atoms with van der Waals surface area (Å²) >= 11 is 0. The van der Waals surface area contributed by atoms with E-state index in [-0.39, 0.29) is 23.3 Å². The van der Waals surface area contributed by atoms with Crippen LogP contribution < -0.4 is 5.32 Å². The summed E-state index contributed by atoms with van der Waals surface area (Å²) in [6, 6.07) is 8.69. The number of hydrogen-bond donors (Lipinski definition) is 2. The maximum absolute atomic E-state index is 12.0. The van der Waals surface area contributed by atoms with Gasteiger partial charge in [-0.1, -0.05) is 31.0 Å². The molecule has 0 bridgehead atoms. The van der Waals surface area contributed by atoms with Crippen LogP contribution in [0.15, 0.2) is 29.8 Å². The molecule has 0 spiro atoms. The van der Waals surface area contributed by atoms with Gasteiger partial charge in [-0.05, 0) is 25.0 Å². The first kappa shape index (κ1) is 13.2. The van der Waals surface area contributed by atoms with Crippen molar-refractivity contribution in [1.29, 1.82) is 5.26 Å². The van der Waals surface area contributed by atoms with Crippen LogP contribution in [-0.4, -0.2) is 17.1 Å². The zero-order valence-electron chi connectivity index (χ0n) is 10.6. The number of amides is 1. The lowest BCUT2D eigenvalue weighted by atomic mass is 10.1. The summed E-state index contributed by atoms with van der Waals surface area (Å²) in [6.07, 6.45) is 5.60. The number of phenols is 1. The van der Waals surface area contributed by atoms with Gasteiger partial charge in [0.2, 0.25) is 0 Å². The van der Waals surface area contributed by atoms with Crippen molar-refractivity contribution >= 4 is 12.0 Å². The first-order chi connectivity index (χ1) is 9.20. The molecule has 1 aliphatic rings. The normalized spacial score (nSPS) is 16.1. The lowest BCUT2D eigenvalue weighted by Crippen LogP contribution is -2.33. The van der Waals surface area contributed by atoms with Crippen LogP contribution in [-0.2, 0) is 4.79 Å². The van der Waals surface area contributed by atoms with Gasteiger partial charge in [-0.15, -0.1) is 0 Å². The number of carbonyl (C=O) groups excluding carboxylic acids is 1. The summed E-state index contributed by atoms with van der Waals surface area (Å²) in [7, 11) is 0. The molecule has 1 aromatic carbocycles. The largest absolute Gasteiger partial charge is 0.507 e. The van der Waals surface area contributed by atoms with Crippen molar-refractivity contribution < 1.29 is 9.90 Å². The minimum absolute atomic E-state index is 0.0217. The molecule has 2 N–H and O–H groups in total. The third-order valence-electron chi connectivity index (χ3n) is 3.29. The van der Waals surface area contributed by atoms with Gasteiger partial charge in [-0.3, -0.25) is 4.79 Å². The Bertz CT molecular complexity index is 537. The van der Waals surface area contributed by atoms with Crippen LogP contribution in [0.5, 0.6) is 5.75 Å². The third kappa shape index (κ3) is 3.35. The predicted molar refractivity (Wildman–Crippen MR) is 72.1 cm³/mol. The summed E-state index contributed by atoms with van der Waals surface area (Å²) in [5.74, 6) is -0.304. The molecular formula is C15H16N2O2. The van der Waals surface area contributed by atoms with Gasteiger partial charge >= 0.3 is 0 Å². The van der Waals surface area contributed by atoms with Crippen molar-refractivity contribution in [2.75, 3.05) is 0 Å². The fourth-order valence-corrected chi connectivity index (χ4v) is 2.25. The number of para-hydroxylation sites is 1. The highest BCUT2D eigenvalue weighted by Gasteiger charge is 2.19. The van der Waals surface area contributed by atoms with Gasteiger partial charge in [0.05, 0.1) is 0 Å². The summed E-state index contributed by atoms with van der Waals surface area (Å²) < 4.78 is 0. The van der Waals surface area contributed by atoms with Gasteiger partial charge < -0.3 is 10.4 Å². The molecule has 98 valence electrons. The molecule has 19 heavy (non-hydrogen) atoms. The second-order valence-corrected chi connectivity index (χ2v) is 4.68. The SMILES string of the molecule is N#C/C(=C\c1ccccc1O)C(=O)NC1CCCC1. The zero-order chi connectivity index (χ0) is 13.7. The van der Waals surface area contributed by atoms with E-state index in [1.54, 1.807) is 18.2 Å². The minimum Gasteiger partial charge on any atom is -0.507 e. The van der Waals surface area contributed by atoms with Crippen LogP contribution in [0.2, 0.25) is 0 Å². The van der Waals surface area contributed by atoms with Crippen LogP contribution >= 0.6 is 0 Å². The molecule has 1 fully saturated rings. The monoisotopic (exact) mass is 256 g/mol. The van der Waals surface area contributed by atoms with Crippen molar-refractivity contribution in [2.24, 2.45) is 0 Å². The van der Waals surface area contributed by atoms with Crippen molar-refractivity contribution in [3.8, 4) is 11.8 Å². The Balaban J connectivity index is 2.13. The molecule has 0 heterocycles. The van der Waals surface area contributed by atoms with Crippen LogP contribution in [0.1, 0.15) is 31.2 Å². The lowest BCUT2D eigenvalue weighted by Gasteiger charge is -2.11. The van der Waals surface area contributed by atoms with Gasteiger partial charge in [0, 0.05) is 11.6 Å². The molecule has 0 aromatic heterocycles. The van der Waals surface area contributed by atoms with E-state index in [1.807, 2.05) is 6.07 Å². The van der Waals surface area contributed by atoms with Crippen LogP contribution in [0.4, 0.5) is 0 Å². The number of aromatic hydroxyl groups is 1. The Hall–Kier alpha value is -2.28. The quantitative estimate of drug-likeness (QED) is 0.644. The van der Waals surface area contributed by atoms with E-state index in [0.717, 1.165) is 25.7 Å². The molecule has 1 amide bonds. The Morgan fingerprint density at radius 2 is 2.05 bits per heavy atom. The van der Waals surface area contributed by atoms with E-state index in [4.69, 9.17) is 5.26 Å². The zero-order valence-corrected chi connectivity index (χ0v) is 10.6. The predicted octanol–water partition coefficient (Wildman–Crippen LogP) is 2.36. The molecular weight excluding hydrogens is 240 g/mol. The number of phenolic OH excluding ortho intramolecular Hbond substituents is 1. The molecule has 1 aromatic rings. The summed E-state index contributed by atoms with van der Waals surface area (Å²) in [5, 5.41) is 21.6. The second kappa shape index (κ2) is 6.05. The van der Waals surface area contributed by atoms with Crippen molar-refractivity contribution in [1.82, 2.24) is 5.32 Å². The molecule has 0 radical (unpaired) electrons. The smallest absolute Gasteiger partial charge is 0.262 e. The Morgan fingerprint density at radius 3 is 2.68 bits per heavy atom. The van der Waals surface area contributed by atoms with E-state index >= 15 is 0 Å². The number of carbonyl (C=O) groups is 1. The van der Waals surface area contributed by atoms with E-state index in [1.165, 1.54) is 12.1 Å². The topological polar surface area (TPSA) is 73.1 Å². The van der Waals surface area contributed by atoms with Gasteiger partial charge in [-0.25, -0.2) is 0 Å². The Morgan fingerprint density at radius 1 is 1.37 bits per heavy atom. The number of nitrogens with zero attached hydrogens (tertiary/aromatic N) is 1. The number of benzene rings is 1. The van der Waals surface area contributed by atoms with Crippen LogP contribution in [0, 0.1) is 11.3 Å².